The maximum atomic E-state index is 11.4. The molecule has 0 radical (unpaired) electrons. The lowest BCUT2D eigenvalue weighted by Gasteiger charge is -2.02. The molecule has 1 unspecified atom stereocenters. The highest BCUT2D eigenvalue weighted by Gasteiger charge is 2.27. The van der Waals surface area contributed by atoms with Crippen LogP contribution in [0.2, 0.25) is 0 Å². The van der Waals surface area contributed by atoms with E-state index < -0.39 is 0 Å². The lowest BCUT2D eigenvalue weighted by atomic mass is 9.98. The van der Waals surface area contributed by atoms with Crippen molar-refractivity contribution in [2.45, 2.75) is 47.0 Å². The van der Waals surface area contributed by atoms with Crippen LogP contribution in [0, 0.1) is 0 Å². The van der Waals surface area contributed by atoms with Crippen molar-refractivity contribution in [2.75, 3.05) is 5.32 Å². The summed E-state index contributed by atoms with van der Waals surface area (Å²) in [7, 11) is 0. The maximum absolute atomic E-state index is 11.4. The smallest absolute Gasteiger partial charge is 0.231 e. The van der Waals surface area contributed by atoms with E-state index in [1.165, 1.54) is 0 Å². The average Bonchev–Trinajstić information content (AvgIpc) is 2.69. The second-order valence-electron chi connectivity index (χ2n) is 3.04. The van der Waals surface area contributed by atoms with Gasteiger partial charge < -0.3 is 5.32 Å². The Kier molecular flexibility index (Phi) is 7.27. The summed E-state index contributed by atoms with van der Waals surface area (Å²) in [6, 6.07) is 7.88. The molecule has 1 aliphatic heterocycles. The molecular formula is C14H23NO. The molecule has 1 aromatic carbocycles. The van der Waals surface area contributed by atoms with Gasteiger partial charge in [-0.15, -0.1) is 0 Å². The van der Waals surface area contributed by atoms with E-state index in [1.54, 1.807) is 0 Å². The minimum atomic E-state index is 0.0706. The predicted molar refractivity (Wildman–Crippen MR) is 70.8 cm³/mol. The largest absolute Gasteiger partial charge is 0.325 e. The van der Waals surface area contributed by atoms with E-state index >= 15 is 0 Å². The van der Waals surface area contributed by atoms with Crippen LogP contribution in [0.25, 0.3) is 0 Å². The fourth-order valence-corrected chi connectivity index (χ4v) is 1.68. The first kappa shape index (κ1) is 14.7. The van der Waals surface area contributed by atoms with Crippen molar-refractivity contribution >= 4 is 11.6 Å². The summed E-state index contributed by atoms with van der Waals surface area (Å²) in [5.41, 5.74) is 2.12. The third-order valence-corrected chi connectivity index (χ3v) is 2.32. The van der Waals surface area contributed by atoms with Crippen molar-refractivity contribution in [3.63, 3.8) is 0 Å². The predicted octanol–water partition coefficient (Wildman–Crippen LogP) is 4.18. The second-order valence-corrected chi connectivity index (χ2v) is 3.04. The van der Waals surface area contributed by atoms with Crippen LogP contribution in [-0.4, -0.2) is 5.91 Å². The zero-order valence-corrected chi connectivity index (χ0v) is 11.0. The molecule has 1 N–H and O–H groups in total. The molecular weight excluding hydrogens is 198 g/mol. The fraction of sp³-hybridized carbons (Fsp3) is 0.500. The Hall–Kier alpha value is -1.31. The highest BCUT2D eigenvalue weighted by molar-refractivity contribution is 6.02. The molecule has 90 valence electrons. The standard InChI is InChI=1S/C10H11NO.2C2H6/c1-2-7-8-5-3-4-6-9(8)11-10(7)12;2*1-2/h3-7H,2H2,1H3,(H,11,12);2*1-2H3. The Morgan fingerprint density at radius 2 is 1.69 bits per heavy atom. The summed E-state index contributed by atoms with van der Waals surface area (Å²) in [6.07, 6.45) is 0.878. The summed E-state index contributed by atoms with van der Waals surface area (Å²) in [6.45, 7) is 10.0. The first-order valence-corrected chi connectivity index (χ1v) is 6.22. The Bertz CT molecular complexity index is 320. The van der Waals surface area contributed by atoms with Crippen LogP contribution in [-0.2, 0) is 4.79 Å². The second kappa shape index (κ2) is 7.91. The Balaban J connectivity index is 0.000000509. The molecule has 0 spiro atoms. The normalized spacial score (nSPS) is 16.1. The highest BCUT2D eigenvalue weighted by atomic mass is 16.2. The zero-order chi connectivity index (χ0) is 12.6. The van der Waals surface area contributed by atoms with Crippen LogP contribution in [0.15, 0.2) is 24.3 Å². The minimum absolute atomic E-state index is 0.0706. The van der Waals surface area contributed by atoms with Gasteiger partial charge in [0.1, 0.15) is 0 Å². The number of carbonyl (C=O) groups is 1. The van der Waals surface area contributed by atoms with Gasteiger partial charge in [0.05, 0.1) is 5.92 Å². The summed E-state index contributed by atoms with van der Waals surface area (Å²) < 4.78 is 0. The molecule has 1 aromatic rings. The fourth-order valence-electron chi connectivity index (χ4n) is 1.68. The van der Waals surface area contributed by atoms with Crippen molar-refractivity contribution in [1.82, 2.24) is 0 Å². The third-order valence-electron chi connectivity index (χ3n) is 2.32. The van der Waals surface area contributed by atoms with Gasteiger partial charge in [0.15, 0.2) is 0 Å². The quantitative estimate of drug-likeness (QED) is 0.757. The molecule has 2 rings (SSSR count). The van der Waals surface area contributed by atoms with Gasteiger partial charge in [0.25, 0.3) is 0 Å². The average molecular weight is 221 g/mol. The van der Waals surface area contributed by atoms with Crippen molar-refractivity contribution in [1.29, 1.82) is 0 Å². The van der Waals surface area contributed by atoms with Crippen molar-refractivity contribution in [3.8, 4) is 0 Å². The maximum Gasteiger partial charge on any atom is 0.231 e. The molecule has 0 bridgehead atoms. The number of rotatable bonds is 1. The summed E-state index contributed by atoms with van der Waals surface area (Å²) >= 11 is 0. The molecule has 2 nitrogen and oxygen atoms in total. The first-order chi connectivity index (χ1) is 7.83. The number of hydrogen-bond donors (Lipinski definition) is 1. The lowest BCUT2D eigenvalue weighted by Crippen LogP contribution is -2.10. The number of anilines is 1. The molecule has 2 heteroatoms. The zero-order valence-electron chi connectivity index (χ0n) is 11.0. The van der Waals surface area contributed by atoms with Crippen LogP contribution >= 0.6 is 0 Å². The number of hydrogen-bond acceptors (Lipinski definition) is 1. The monoisotopic (exact) mass is 221 g/mol. The van der Waals surface area contributed by atoms with Crippen LogP contribution in [0.4, 0.5) is 5.69 Å². The van der Waals surface area contributed by atoms with Crippen LogP contribution in [0.3, 0.4) is 0 Å². The Morgan fingerprint density at radius 1 is 1.12 bits per heavy atom. The van der Waals surface area contributed by atoms with Gasteiger partial charge in [-0.3, -0.25) is 4.79 Å². The van der Waals surface area contributed by atoms with E-state index in [4.69, 9.17) is 0 Å². The molecule has 1 atom stereocenters. The Labute approximate surface area is 99.1 Å². The molecule has 0 saturated carbocycles. The van der Waals surface area contributed by atoms with E-state index in [2.05, 4.69) is 5.32 Å². The minimum Gasteiger partial charge on any atom is -0.325 e. The van der Waals surface area contributed by atoms with Crippen LogP contribution in [0.5, 0.6) is 0 Å². The summed E-state index contributed by atoms with van der Waals surface area (Å²) in [5.74, 6) is 0.208. The number of nitrogens with one attached hydrogen (secondary N) is 1. The van der Waals surface area contributed by atoms with Gasteiger partial charge >= 0.3 is 0 Å². The van der Waals surface area contributed by atoms with Gasteiger partial charge in [0, 0.05) is 5.69 Å². The van der Waals surface area contributed by atoms with Gasteiger partial charge in [-0.25, -0.2) is 0 Å². The van der Waals surface area contributed by atoms with Crippen molar-refractivity contribution < 1.29 is 4.79 Å². The van der Waals surface area contributed by atoms with Crippen molar-refractivity contribution in [3.05, 3.63) is 29.8 Å². The summed E-state index contributed by atoms with van der Waals surface area (Å²) in [4.78, 5) is 11.4. The molecule has 0 aliphatic carbocycles. The van der Waals surface area contributed by atoms with Gasteiger partial charge in [0.2, 0.25) is 5.91 Å². The number of benzene rings is 1. The van der Waals surface area contributed by atoms with Crippen LogP contribution < -0.4 is 5.32 Å². The Morgan fingerprint density at radius 3 is 2.25 bits per heavy atom. The summed E-state index contributed by atoms with van der Waals surface area (Å²) in [5, 5.41) is 2.86. The van der Waals surface area contributed by atoms with E-state index in [0.29, 0.717) is 0 Å². The van der Waals surface area contributed by atoms with E-state index in [-0.39, 0.29) is 11.8 Å². The molecule has 0 aromatic heterocycles. The van der Waals surface area contributed by atoms with Crippen LogP contribution in [0.1, 0.15) is 52.5 Å². The third kappa shape index (κ3) is 3.09. The van der Waals surface area contributed by atoms with Gasteiger partial charge in [-0.2, -0.15) is 0 Å². The first-order valence-electron chi connectivity index (χ1n) is 6.22. The number of para-hydroxylation sites is 1. The SMILES string of the molecule is CC.CC.CCC1C(=O)Nc2ccccc21. The molecule has 1 amide bonds. The molecule has 0 fully saturated rings. The number of fused-ring (bicyclic) bond motifs is 1. The van der Waals surface area contributed by atoms with E-state index in [0.717, 1.165) is 17.7 Å². The highest BCUT2D eigenvalue weighted by Crippen LogP contribution is 2.33. The topological polar surface area (TPSA) is 29.1 Å². The number of amides is 1. The molecule has 0 saturated heterocycles. The van der Waals surface area contributed by atoms with E-state index in [1.807, 2.05) is 58.9 Å². The van der Waals surface area contributed by atoms with E-state index in [9.17, 15) is 4.79 Å². The number of carbonyl (C=O) groups excluding carboxylic acids is 1. The lowest BCUT2D eigenvalue weighted by molar-refractivity contribution is -0.117. The van der Waals surface area contributed by atoms with Crippen molar-refractivity contribution in [2.24, 2.45) is 0 Å². The van der Waals surface area contributed by atoms with Gasteiger partial charge in [-0.05, 0) is 18.1 Å². The molecule has 16 heavy (non-hydrogen) atoms. The molecule has 1 heterocycles. The van der Waals surface area contributed by atoms with Gasteiger partial charge in [-0.1, -0.05) is 52.8 Å². The molecule has 1 aliphatic rings.